The average molecular weight is 566 g/mol. The Labute approximate surface area is 236 Å². The van der Waals surface area contributed by atoms with Crippen molar-refractivity contribution in [1.82, 2.24) is 9.88 Å². The van der Waals surface area contributed by atoms with Crippen molar-refractivity contribution >= 4 is 44.9 Å². The third kappa shape index (κ3) is 6.48. The predicted octanol–water partition coefficient (Wildman–Crippen LogP) is 4.77. The number of nitrogens with one attached hydrogen (secondary N) is 2. The second-order valence-corrected chi connectivity index (χ2v) is 10.9. The minimum Gasteiger partial charge on any atom is -0.462 e. The first-order valence-corrected chi connectivity index (χ1v) is 14.3. The van der Waals surface area contributed by atoms with Crippen molar-refractivity contribution < 1.29 is 23.5 Å². The second-order valence-electron chi connectivity index (χ2n) is 9.97. The first-order chi connectivity index (χ1) is 19.4. The molecule has 0 radical (unpaired) electrons. The van der Waals surface area contributed by atoms with Crippen LogP contribution in [0, 0.1) is 5.82 Å². The molecular weight excluding hydrogens is 533 g/mol. The highest BCUT2D eigenvalue weighted by Gasteiger charge is 2.28. The fraction of sp³-hybridized carbons (Fsp3) is 0.379. The van der Waals surface area contributed by atoms with Gasteiger partial charge in [-0.15, -0.1) is 0 Å². The lowest BCUT2D eigenvalue weighted by Crippen LogP contribution is -2.50. The summed E-state index contributed by atoms with van der Waals surface area (Å²) in [7, 11) is 1.12. The van der Waals surface area contributed by atoms with Crippen LogP contribution in [0.25, 0.3) is 11.3 Å². The van der Waals surface area contributed by atoms with E-state index in [9.17, 15) is 18.8 Å². The number of benzene rings is 2. The maximum atomic E-state index is 13.7. The molecule has 2 amide bonds. The number of carbonyl (C=O) groups excluding carboxylic acids is 3. The highest BCUT2D eigenvalue weighted by atomic mass is 32.1. The van der Waals surface area contributed by atoms with Gasteiger partial charge < -0.3 is 15.0 Å². The summed E-state index contributed by atoms with van der Waals surface area (Å²) in [4.78, 5) is 45.7. The van der Waals surface area contributed by atoms with E-state index in [-0.39, 0.29) is 11.7 Å². The summed E-state index contributed by atoms with van der Waals surface area (Å²) in [6, 6.07) is 13.1. The number of hydrogen-bond donors (Lipinski definition) is 2. The molecule has 5 rings (SSSR count). The molecule has 3 aromatic rings. The summed E-state index contributed by atoms with van der Waals surface area (Å²) in [6.07, 6.45) is 6.50. The lowest BCUT2D eigenvalue weighted by molar-refractivity contribution is -0.150. The van der Waals surface area contributed by atoms with E-state index in [0.717, 1.165) is 43.9 Å². The molecule has 0 spiro atoms. The average Bonchev–Trinajstić information content (AvgIpc) is 3.41. The topological polar surface area (TPSA) is 104 Å². The van der Waals surface area contributed by atoms with Crippen LogP contribution in [0.4, 0.5) is 20.2 Å². The van der Waals surface area contributed by atoms with E-state index in [1.54, 1.807) is 24.3 Å². The van der Waals surface area contributed by atoms with E-state index < -0.39 is 11.9 Å². The van der Waals surface area contributed by atoms with Crippen LogP contribution in [0.15, 0.2) is 48.5 Å². The van der Waals surface area contributed by atoms with E-state index in [2.05, 4.69) is 25.2 Å². The Morgan fingerprint density at radius 1 is 0.925 bits per heavy atom. The quantitative estimate of drug-likeness (QED) is 0.328. The highest BCUT2D eigenvalue weighted by Crippen LogP contribution is 2.39. The maximum Gasteiger partial charge on any atom is 0.396 e. The monoisotopic (exact) mass is 565 g/mol. The van der Waals surface area contributed by atoms with Crippen molar-refractivity contribution in [3.63, 3.8) is 0 Å². The number of ether oxygens (including phenoxy) is 1. The Morgan fingerprint density at radius 2 is 1.60 bits per heavy atom. The van der Waals surface area contributed by atoms with E-state index >= 15 is 0 Å². The molecule has 2 aromatic carbocycles. The molecular formula is C29H32FN5O4S. The zero-order valence-electron chi connectivity index (χ0n) is 22.3. The summed E-state index contributed by atoms with van der Waals surface area (Å²) >= 11 is 1.40. The van der Waals surface area contributed by atoms with Crippen LogP contribution >= 0.6 is 11.3 Å². The number of amides is 2. The summed E-state index contributed by atoms with van der Waals surface area (Å²) < 4.78 is 18.1. The van der Waals surface area contributed by atoms with Crippen LogP contribution in [0.3, 0.4) is 0 Å². The van der Waals surface area contributed by atoms with Crippen LogP contribution in [0.2, 0.25) is 0 Å². The molecule has 2 heterocycles. The first kappa shape index (κ1) is 27.7. The smallest absolute Gasteiger partial charge is 0.396 e. The molecule has 11 heteroatoms. The van der Waals surface area contributed by atoms with Gasteiger partial charge in [-0.25, -0.2) is 14.2 Å². The van der Waals surface area contributed by atoms with Gasteiger partial charge in [0.15, 0.2) is 5.13 Å². The third-order valence-electron chi connectivity index (χ3n) is 7.42. The normalized spacial score (nSPS) is 16.4. The molecule has 0 unspecified atom stereocenters. The Bertz CT molecular complexity index is 1350. The zero-order chi connectivity index (χ0) is 28.1. The summed E-state index contributed by atoms with van der Waals surface area (Å²) in [5.41, 5.74) is 2.22. The van der Waals surface area contributed by atoms with Crippen LogP contribution in [0.1, 0.15) is 42.5 Å². The van der Waals surface area contributed by atoms with Gasteiger partial charge >= 0.3 is 11.9 Å². The largest absolute Gasteiger partial charge is 0.462 e. The fourth-order valence-corrected chi connectivity index (χ4v) is 6.30. The van der Waals surface area contributed by atoms with E-state index in [1.807, 2.05) is 0 Å². The van der Waals surface area contributed by atoms with Crippen molar-refractivity contribution in [3.8, 4) is 11.3 Å². The molecule has 1 saturated carbocycles. The maximum absolute atomic E-state index is 13.7. The van der Waals surface area contributed by atoms with Gasteiger partial charge in [-0.3, -0.25) is 19.8 Å². The molecule has 1 aromatic heterocycles. The Morgan fingerprint density at radius 3 is 2.25 bits per heavy atom. The van der Waals surface area contributed by atoms with E-state index in [1.165, 1.54) is 67.7 Å². The molecule has 0 atom stereocenters. The zero-order valence-corrected chi connectivity index (χ0v) is 23.1. The number of methoxy groups -OCH3 is 1. The van der Waals surface area contributed by atoms with E-state index in [0.29, 0.717) is 28.1 Å². The van der Waals surface area contributed by atoms with Gasteiger partial charge in [0, 0.05) is 49.0 Å². The van der Waals surface area contributed by atoms with Gasteiger partial charge in [0.25, 0.3) is 5.91 Å². The van der Waals surface area contributed by atoms with Crippen molar-refractivity contribution in [2.45, 2.75) is 38.1 Å². The van der Waals surface area contributed by atoms with Crippen LogP contribution < -0.4 is 15.5 Å². The number of hydrogen-bond acceptors (Lipinski definition) is 8. The molecule has 40 heavy (non-hydrogen) atoms. The molecule has 2 fully saturated rings. The molecule has 210 valence electrons. The molecule has 1 aliphatic heterocycles. The standard InChI is InChI=1S/C29H32FN5O4S/c1-39-28(38)26(37)31-22-13-9-20(10-14-22)25(36)33-29-32-24(19-7-11-21(30)12-8-19)27(40-29)35-17-15-34(16-18-35)23-5-3-2-4-6-23/h7-14,23H,2-6,15-18H2,1H3,(H,31,37)(H,32,33,36). The summed E-state index contributed by atoms with van der Waals surface area (Å²) in [6.45, 7) is 3.68. The van der Waals surface area contributed by atoms with Crippen LogP contribution in [-0.4, -0.2) is 67.0 Å². The summed E-state index contributed by atoms with van der Waals surface area (Å²) in [5, 5.41) is 6.69. The number of rotatable bonds is 6. The van der Waals surface area contributed by atoms with Gasteiger partial charge in [0.2, 0.25) is 0 Å². The molecule has 1 saturated heterocycles. The van der Waals surface area contributed by atoms with Gasteiger partial charge in [-0.1, -0.05) is 30.6 Å². The van der Waals surface area contributed by atoms with Gasteiger partial charge in [0.1, 0.15) is 16.5 Å². The van der Waals surface area contributed by atoms with Crippen molar-refractivity contribution in [2.24, 2.45) is 0 Å². The number of anilines is 3. The fourth-order valence-electron chi connectivity index (χ4n) is 5.26. The number of thiazole rings is 1. The minimum atomic E-state index is -1.01. The van der Waals surface area contributed by atoms with Gasteiger partial charge in [0.05, 0.1) is 7.11 Å². The highest BCUT2D eigenvalue weighted by molar-refractivity contribution is 7.20. The second kappa shape index (κ2) is 12.6. The molecule has 2 aliphatic rings. The minimum absolute atomic E-state index is 0.318. The molecule has 2 N–H and O–H groups in total. The Balaban J connectivity index is 1.31. The van der Waals surface area contributed by atoms with Crippen molar-refractivity contribution in [1.29, 1.82) is 0 Å². The van der Waals surface area contributed by atoms with Crippen LogP contribution in [0.5, 0.6) is 0 Å². The SMILES string of the molecule is COC(=O)C(=O)Nc1ccc(C(=O)Nc2nc(-c3ccc(F)cc3)c(N3CCN(C4CCCCC4)CC3)s2)cc1. The number of halogens is 1. The van der Waals surface area contributed by atoms with Gasteiger partial charge in [-0.05, 0) is 61.4 Å². The predicted molar refractivity (Wildman–Crippen MR) is 153 cm³/mol. The Kier molecular flexibility index (Phi) is 8.71. The molecule has 1 aliphatic carbocycles. The lowest BCUT2D eigenvalue weighted by Gasteiger charge is -2.41. The Hall–Kier alpha value is -3.83. The third-order valence-corrected chi connectivity index (χ3v) is 8.45. The number of piperazine rings is 1. The van der Waals surface area contributed by atoms with E-state index in [4.69, 9.17) is 4.98 Å². The molecule has 0 bridgehead atoms. The lowest BCUT2D eigenvalue weighted by atomic mass is 9.94. The number of carbonyl (C=O) groups is 3. The van der Waals surface area contributed by atoms with Crippen LogP contribution in [-0.2, 0) is 14.3 Å². The van der Waals surface area contributed by atoms with Crippen molar-refractivity contribution in [2.75, 3.05) is 48.8 Å². The van der Waals surface area contributed by atoms with Crippen molar-refractivity contribution in [3.05, 3.63) is 59.9 Å². The first-order valence-electron chi connectivity index (χ1n) is 13.5. The number of aromatic nitrogens is 1. The molecule has 9 nitrogen and oxygen atoms in total. The van der Waals surface area contributed by atoms with Gasteiger partial charge in [-0.2, -0.15) is 0 Å². The summed E-state index contributed by atoms with van der Waals surface area (Å²) in [5.74, 6) is -2.59. The number of nitrogens with zero attached hydrogens (tertiary/aromatic N) is 3. The number of esters is 1.